The minimum Gasteiger partial charge on any atom is -0.372 e. The molecule has 0 N–H and O–H groups in total. The van der Waals surface area contributed by atoms with Crippen molar-refractivity contribution in [1.82, 2.24) is 0 Å². The summed E-state index contributed by atoms with van der Waals surface area (Å²) in [7, 11) is 0. The second-order valence-electron chi connectivity index (χ2n) is 5.88. The molecule has 0 saturated carbocycles. The third-order valence-electron chi connectivity index (χ3n) is 3.44. The van der Waals surface area contributed by atoms with E-state index >= 15 is 0 Å². The van der Waals surface area contributed by atoms with Gasteiger partial charge in [0.1, 0.15) is 0 Å². The molecule has 0 saturated heterocycles. The molecule has 0 heterocycles. The molecule has 1 rings (SSSR count). The summed E-state index contributed by atoms with van der Waals surface area (Å²) in [5.41, 5.74) is 5.89. The summed E-state index contributed by atoms with van der Waals surface area (Å²) < 4.78 is 0. The fourth-order valence-corrected chi connectivity index (χ4v) is 2.43. The average Bonchev–Trinajstić information content (AvgIpc) is 2.21. The van der Waals surface area contributed by atoms with E-state index in [1.165, 1.54) is 22.4 Å². The van der Waals surface area contributed by atoms with Gasteiger partial charge in [-0.1, -0.05) is 32.9 Å². The van der Waals surface area contributed by atoms with Gasteiger partial charge in [0.05, 0.1) is 0 Å². The minimum absolute atomic E-state index is 0.233. The molecule has 0 aliphatic carbocycles. The maximum absolute atomic E-state index is 2.44. The van der Waals surface area contributed by atoms with Gasteiger partial charge in [0.2, 0.25) is 0 Å². The number of rotatable bonds is 3. The molecule has 0 aliphatic rings. The maximum Gasteiger partial charge on any atom is 0.0425 e. The van der Waals surface area contributed by atoms with Crippen molar-refractivity contribution in [2.45, 2.75) is 53.9 Å². The van der Waals surface area contributed by atoms with Crippen LogP contribution in [-0.4, -0.2) is 13.1 Å². The SMILES string of the molecule is CCN(CC)c1c(C)cc(C(C)(C)C)cc1C. The van der Waals surface area contributed by atoms with Gasteiger partial charge in [0.25, 0.3) is 0 Å². The van der Waals surface area contributed by atoms with Gasteiger partial charge in [0.15, 0.2) is 0 Å². The first-order chi connectivity index (χ1) is 7.81. The highest BCUT2D eigenvalue weighted by molar-refractivity contribution is 5.60. The number of anilines is 1. The zero-order valence-corrected chi connectivity index (χ0v) is 12.5. The number of aryl methyl sites for hydroxylation is 2. The van der Waals surface area contributed by atoms with Crippen molar-refractivity contribution >= 4 is 5.69 Å². The molecule has 1 nitrogen and oxygen atoms in total. The highest BCUT2D eigenvalue weighted by atomic mass is 15.1. The smallest absolute Gasteiger partial charge is 0.0425 e. The van der Waals surface area contributed by atoms with Gasteiger partial charge >= 0.3 is 0 Å². The van der Waals surface area contributed by atoms with Gasteiger partial charge < -0.3 is 4.90 Å². The Morgan fingerprint density at radius 2 is 1.35 bits per heavy atom. The van der Waals surface area contributed by atoms with Gasteiger partial charge in [0, 0.05) is 18.8 Å². The first-order valence-electron chi connectivity index (χ1n) is 6.67. The molecule has 0 amide bonds. The lowest BCUT2D eigenvalue weighted by Gasteiger charge is -2.28. The average molecular weight is 233 g/mol. The normalized spacial score (nSPS) is 11.7. The van der Waals surface area contributed by atoms with Crippen LogP contribution in [0.4, 0.5) is 5.69 Å². The molecular formula is C16H27N. The van der Waals surface area contributed by atoms with E-state index < -0.39 is 0 Å². The van der Waals surface area contributed by atoms with E-state index in [1.54, 1.807) is 0 Å². The Hall–Kier alpha value is -0.980. The predicted molar refractivity (Wildman–Crippen MR) is 78.2 cm³/mol. The standard InChI is InChI=1S/C16H27N/c1-8-17(9-2)15-12(3)10-14(11-13(15)4)16(5,6)7/h10-11H,8-9H2,1-7H3. The van der Waals surface area contributed by atoms with Crippen LogP contribution < -0.4 is 4.90 Å². The summed E-state index contributed by atoms with van der Waals surface area (Å²) in [4.78, 5) is 2.44. The molecule has 96 valence electrons. The Kier molecular flexibility index (Phi) is 4.24. The molecule has 0 aromatic heterocycles. The summed E-state index contributed by atoms with van der Waals surface area (Å²) in [6.07, 6.45) is 0. The summed E-state index contributed by atoms with van der Waals surface area (Å²) in [6.45, 7) is 17.9. The number of benzene rings is 1. The van der Waals surface area contributed by atoms with Crippen LogP contribution in [0, 0.1) is 13.8 Å². The highest BCUT2D eigenvalue weighted by Crippen LogP contribution is 2.31. The van der Waals surface area contributed by atoms with Crippen LogP contribution in [0.5, 0.6) is 0 Å². The van der Waals surface area contributed by atoms with E-state index in [2.05, 4.69) is 65.5 Å². The zero-order valence-electron chi connectivity index (χ0n) is 12.5. The lowest BCUT2D eigenvalue weighted by molar-refractivity contribution is 0.589. The second kappa shape index (κ2) is 5.12. The van der Waals surface area contributed by atoms with Crippen molar-refractivity contribution < 1.29 is 0 Å². The van der Waals surface area contributed by atoms with Gasteiger partial charge in [-0.2, -0.15) is 0 Å². The summed E-state index contributed by atoms with van der Waals surface area (Å²) >= 11 is 0. The lowest BCUT2D eigenvalue weighted by Crippen LogP contribution is -2.24. The number of hydrogen-bond acceptors (Lipinski definition) is 1. The largest absolute Gasteiger partial charge is 0.372 e. The van der Waals surface area contributed by atoms with Crippen molar-refractivity contribution in [3.63, 3.8) is 0 Å². The van der Waals surface area contributed by atoms with E-state index in [4.69, 9.17) is 0 Å². The van der Waals surface area contributed by atoms with Gasteiger partial charge in [-0.15, -0.1) is 0 Å². The molecule has 1 aromatic rings. The Bertz CT molecular complexity index is 358. The summed E-state index contributed by atoms with van der Waals surface area (Å²) in [5.74, 6) is 0. The first kappa shape index (κ1) is 14.1. The van der Waals surface area contributed by atoms with E-state index in [1.807, 2.05) is 0 Å². The van der Waals surface area contributed by atoms with Crippen LogP contribution in [0.25, 0.3) is 0 Å². The van der Waals surface area contributed by atoms with E-state index in [9.17, 15) is 0 Å². The molecule has 0 radical (unpaired) electrons. The van der Waals surface area contributed by atoms with Crippen LogP contribution in [0.1, 0.15) is 51.3 Å². The first-order valence-corrected chi connectivity index (χ1v) is 6.67. The molecule has 0 atom stereocenters. The number of hydrogen-bond donors (Lipinski definition) is 0. The monoisotopic (exact) mass is 233 g/mol. The number of nitrogens with zero attached hydrogens (tertiary/aromatic N) is 1. The predicted octanol–water partition coefficient (Wildman–Crippen LogP) is 4.45. The molecule has 0 fully saturated rings. The summed E-state index contributed by atoms with van der Waals surface area (Å²) in [6, 6.07) is 4.70. The Balaban J connectivity index is 3.28. The molecule has 0 bridgehead atoms. The van der Waals surface area contributed by atoms with E-state index in [0.29, 0.717) is 0 Å². The van der Waals surface area contributed by atoms with Crippen LogP contribution in [0.3, 0.4) is 0 Å². The van der Waals surface area contributed by atoms with Crippen molar-refractivity contribution in [3.05, 3.63) is 28.8 Å². The topological polar surface area (TPSA) is 3.24 Å². The van der Waals surface area contributed by atoms with Crippen molar-refractivity contribution in [2.75, 3.05) is 18.0 Å². The highest BCUT2D eigenvalue weighted by Gasteiger charge is 2.17. The van der Waals surface area contributed by atoms with Crippen molar-refractivity contribution in [1.29, 1.82) is 0 Å². The molecule has 0 aliphatic heterocycles. The second-order valence-corrected chi connectivity index (χ2v) is 5.88. The Labute approximate surface area is 107 Å². The minimum atomic E-state index is 0.233. The van der Waals surface area contributed by atoms with Crippen molar-refractivity contribution in [3.8, 4) is 0 Å². The third kappa shape index (κ3) is 3.02. The molecule has 1 heteroatoms. The molecule has 0 unspecified atom stereocenters. The molecular weight excluding hydrogens is 206 g/mol. The molecule has 0 spiro atoms. The fourth-order valence-electron chi connectivity index (χ4n) is 2.43. The molecule has 17 heavy (non-hydrogen) atoms. The summed E-state index contributed by atoms with van der Waals surface area (Å²) in [5, 5.41) is 0. The Morgan fingerprint density at radius 3 is 1.65 bits per heavy atom. The van der Waals surface area contributed by atoms with Crippen LogP contribution in [-0.2, 0) is 5.41 Å². The fraction of sp³-hybridized carbons (Fsp3) is 0.625. The van der Waals surface area contributed by atoms with Crippen LogP contribution in [0.15, 0.2) is 12.1 Å². The van der Waals surface area contributed by atoms with Gasteiger partial charge in [-0.25, -0.2) is 0 Å². The lowest BCUT2D eigenvalue weighted by atomic mass is 9.84. The van der Waals surface area contributed by atoms with Crippen molar-refractivity contribution in [2.24, 2.45) is 0 Å². The van der Waals surface area contributed by atoms with Crippen LogP contribution in [0.2, 0.25) is 0 Å². The van der Waals surface area contributed by atoms with Crippen LogP contribution >= 0.6 is 0 Å². The third-order valence-corrected chi connectivity index (χ3v) is 3.44. The van der Waals surface area contributed by atoms with E-state index in [-0.39, 0.29) is 5.41 Å². The maximum atomic E-state index is 2.44. The zero-order chi connectivity index (χ0) is 13.2. The van der Waals surface area contributed by atoms with E-state index in [0.717, 1.165) is 13.1 Å². The van der Waals surface area contributed by atoms with Gasteiger partial charge in [-0.05, 0) is 49.8 Å². The van der Waals surface area contributed by atoms with Gasteiger partial charge in [-0.3, -0.25) is 0 Å². The quantitative estimate of drug-likeness (QED) is 0.745. The Morgan fingerprint density at radius 1 is 0.941 bits per heavy atom. The molecule has 1 aromatic carbocycles.